The van der Waals surface area contributed by atoms with Crippen molar-refractivity contribution in [3.63, 3.8) is 0 Å². The molecule has 1 unspecified atom stereocenters. The highest BCUT2D eigenvalue weighted by atomic mass is 32.2. The lowest BCUT2D eigenvalue weighted by Crippen LogP contribution is -2.38. The molecule has 1 aromatic carbocycles. The minimum Gasteiger partial charge on any atom is -0.398 e. The molecule has 2 amide bonds. The first-order valence-corrected chi connectivity index (χ1v) is 7.76. The van der Waals surface area contributed by atoms with E-state index in [-0.39, 0.29) is 34.6 Å². The fourth-order valence-electron chi connectivity index (χ4n) is 2.06. The SMILES string of the molecule is NC(=O)c1ccc(S(=O)(=O)NCC2CCC(=O)N2)c(N)c1. The van der Waals surface area contributed by atoms with Gasteiger partial charge in [0.05, 0.1) is 5.69 Å². The second kappa shape index (κ2) is 5.70. The molecule has 21 heavy (non-hydrogen) atoms. The summed E-state index contributed by atoms with van der Waals surface area (Å²) >= 11 is 0. The summed E-state index contributed by atoms with van der Waals surface area (Å²) in [5.74, 6) is -0.781. The number of nitrogen functional groups attached to an aromatic ring is 1. The van der Waals surface area contributed by atoms with E-state index in [1.807, 2.05) is 0 Å². The van der Waals surface area contributed by atoms with Crippen molar-refractivity contribution in [2.75, 3.05) is 12.3 Å². The lowest BCUT2D eigenvalue weighted by Gasteiger charge is -2.13. The number of benzene rings is 1. The quantitative estimate of drug-likeness (QED) is 0.511. The van der Waals surface area contributed by atoms with Gasteiger partial charge in [0.2, 0.25) is 21.8 Å². The number of nitrogens with two attached hydrogens (primary N) is 2. The second-order valence-corrected chi connectivity index (χ2v) is 6.51. The van der Waals surface area contributed by atoms with Crippen LogP contribution in [0.25, 0.3) is 0 Å². The van der Waals surface area contributed by atoms with Crippen molar-refractivity contribution in [1.29, 1.82) is 0 Å². The molecule has 1 heterocycles. The molecule has 114 valence electrons. The summed E-state index contributed by atoms with van der Waals surface area (Å²) in [4.78, 5) is 21.9. The van der Waals surface area contributed by atoms with Crippen molar-refractivity contribution >= 4 is 27.5 Å². The maximum Gasteiger partial charge on any atom is 0.248 e. The number of anilines is 1. The summed E-state index contributed by atoms with van der Waals surface area (Å²) in [5.41, 5.74) is 10.8. The molecule has 1 aliphatic rings. The average molecular weight is 312 g/mol. The van der Waals surface area contributed by atoms with Gasteiger partial charge < -0.3 is 16.8 Å². The van der Waals surface area contributed by atoms with Crippen LogP contribution < -0.4 is 21.5 Å². The topological polar surface area (TPSA) is 144 Å². The van der Waals surface area contributed by atoms with Crippen molar-refractivity contribution in [3.8, 4) is 0 Å². The van der Waals surface area contributed by atoms with Gasteiger partial charge in [-0.15, -0.1) is 0 Å². The van der Waals surface area contributed by atoms with Crippen LogP contribution in [0.15, 0.2) is 23.1 Å². The molecule has 0 spiro atoms. The molecule has 1 aromatic rings. The van der Waals surface area contributed by atoms with E-state index in [4.69, 9.17) is 11.5 Å². The zero-order valence-corrected chi connectivity index (χ0v) is 11.9. The molecular formula is C12H16N4O4S. The molecule has 8 nitrogen and oxygen atoms in total. The number of hydrogen-bond acceptors (Lipinski definition) is 5. The molecule has 0 saturated carbocycles. The van der Waals surface area contributed by atoms with E-state index in [1.165, 1.54) is 18.2 Å². The van der Waals surface area contributed by atoms with Crippen molar-refractivity contribution in [1.82, 2.24) is 10.0 Å². The highest BCUT2D eigenvalue weighted by molar-refractivity contribution is 7.89. The molecule has 0 aromatic heterocycles. The van der Waals surface area contributed by atoms with Gasteiger partial charge in [0, 0.05) is 24.6 Å². The highest BCUT2D eigenvalue weighted by Crippen LogP contribution is 2.19. The predicted molar refractivity (Wildman–Crippen MR) is 75.7 cm³/mol. The number of sulfonamides is 1. The van der Waals surface area contributed by atoms with Crippen LogP contribution in [-0.2, 0) is 14.8 Å². The summed E-state index contributed by atoms with van der Waals surface area (Å²) in [6, 6.07) is 3.52. The maximum atomic E-state index is 12.2. The van der Waals surface area contributed by atoms with Crippen LogP contribution in [0, 0.1) is 0 Å². The van der Waals surface area contributed by atoms with Crippen LogP contribution >= 0.6 is 0 Å². The molecule has 9 heteroatoms. The Morgan fingerprint density at radius 2 is 2.14 bits per heavy atom. The molecule has 0 aliphatic carbocycles. The predicted octanol–water partition coefficient (Wildman–Crippen LogP) is -1.08. The van der Waals surface area contributed by atoms with Crippen LogP contribution in [0.3, 0.4) is 0 Å². The summed E-state index contributed by atoms with van der Waals surface area (Å²) in [6.45, 7) is 0.0884. The summed E-state index contributed by atoms with van der Waals surface area (Å²) in [7, 11) is -3.82. The van der Waals surface area contributed by atoms with Gasteiger partial charge in [-0.3, -0.25) is 9.59 Å². The van der Waals surface area contributed by atoms with Crippen LogP contribution in [0.2, 0.25) is 0 Å². The van der Waals surface area contributed by atoms with Gasteiger partial charge in [0.25, 0.3) is 0 Å². The standard InChI is InChI=1S/C12H16N4O4S/c13-9-5-7(12(14)18)1-3-10(9)21(19,20)15-6-8-2-4-11(17)16-8/h1,3,5,8,15H,2,4,6,13H2,(H2,14,18)(H,16,17). The molecule has 0 bridgehead atoms. The molecular weight excluding hydrogens is 296 g/mol. The first-order valence-electron chi connectivity index (χ1n) is 6.28. The summed E-state index contributed by atoms with van der Waals surface area (Å²) in [6.07, 6.45) is 0.972. The monoisotopic (exact) mass is 312 g/mol. The number of hydrogen-bond donors (Lipinski definition) is 4. The zero-order valence-electron chi connectivity index (χ0n) is 11.1. The van der Waals surface area contributed by atoms with E-state index in [1.54, 1.807) is 0 Å². The maximum absolute atomic E-state index is 12.2. The number of carbonyl (C=O) groups is 2. The number of nitrogens with one attached hydrogen (secondary N) is 2. The van der Waals surface area contributed by atoms with Gasteiger partial charge in [0.15, 0.2) is 0 Å². The Hall–Kier alpha value is -2.13. The minimum absolute atomic E-state index is 0.0609. The first-order chi connectivity index (χ1) is 9.79. The normalized spacial score (nSPS) is 18.5. The second-order valence-electron chi connectivity index (χ2n) is 4.77. The fraction of sp³-hybridized carbons (Fsp3) is 0.333. The van der Waals surface area contributed by atoms with Crippen LogP contribution in [0.5, 0.6) is 0 Å². The Labute approximate surface area is 121 Å². The average Bonchev–Trinajstić information content (AvgIpc) is 2.82. The van der Waals surface area contributed by atoms with E-state index < -0.39 is 15.9 Å². The van der Waals surface area contributed by atoms with Gasteiger partial charge >= 0.3 is 0 Å². The van der Waals surface area contributed by atoms with Crippen molar-refractivity contribution in [2.45, 2.75) is 23.8 Å². The largest absolute Gasteiger partial charge is 0.398 e. The lowest BCUT2D eigenvalue weighted by atomic mass is 10.2. The summed E-state index contributed by atoms with van der Waals surface area (Å²) in [5, 5.41) is 2.66. The van der Waals surface area contributed by atoms with Crippen molar-refractivity contribution in [3.05, 3.63) is 23.8 Å². The van der Waals surface area contributed by atoms with Crippen LogP contribution in [0.1, 0.15) is 23.2 Å². The molecule has 1 saturated heterocycles. The van der Waals surface area contributed by atoms with Crippen molar-refractivity contribution in [2.24, 2.45) is 5.73 Å². The third kappa shape index (κ3) is 3.50. The van der Waals surface area contributed by atoms with Gasteiger partial charge in [-0.1, -0.05) is 0 Å². The minimum atomic E-state index is -3.82. The van der Waals surface area contributed by atoms with Gasteiger partial charge in [-0.25, -0.2) is 13.1 Å². The Balaban J connectivity index is 2.12. The van der Waals surface area contributed by atoms with E-state index >= 15 is 0 Å². The van der Waals surface area contributed by atoms with E-state index in [0.717, 1.165) is 0 Å². The van der Waals surface area contributed by atoms with Crippen LogP contribution in [-0.4, -0.2) is 32.8 Å². The Morgan fingerprint density at radius 3 is 2.67 bits per heavy atom. The third-order valence-corrected chi connectivity index (χ3v) is 4.69. The number of carbonyl (C=O) groups excluding carboxylic acids is 2. The Bertz CT molecular complexity index is 686. The van der Waals surface area contributed by atoms with E-state index in [9.17, 15) is 18.0 Å². The Morgan fingerprint density at radius 1 is 1.43 bits per heavy atom. The third-order valence-electron chi connectivity index (χ3n) is 3.19. The Kier molecular flexibility index (Phi) is 4.14. The molecule has 1 aliphatic heterocycles. The molecule has 0 radical (unpaired) electrons. The van der Waals surface area contributed by atoms with Crippen molar-refractivity contribution < 1.29 is 18.0 Å². The number of rotatable bonds is 5. The number of amides is 2. The van der Waals surface area contributed by atoms with Gasteiger partial charge in [0.1, 0.15) is 4.90 Å². The lowest BCUT2D eigenvalue weighted by molar-refractivity contribution is -0.119. The van der Waals surface area contributed by atoms with E-state index in [2.05, 4.69) is 10.0 Å². The van der Waals surface area contributed by atoms with E-state index in [0.29, 0.717) is 12.8 Å². The smallest absolute Gasteiger partial charge is 0.248 e. The van der Waals surface area contributed by atoms with Gasteiger partial charge in [-0.2, -0.15) is 0 Å². The zero-order chi connectivity index (χ0) is 15.6. The fourth-order valence-corrected chi connectivity index (χ4v) is 3.26. The molecule has 6 N–H and O–H groups in total. The number of primary amides is 1. The van der Waals surface area contributed by atoms with Crippen LogP contribution in [0.4, 0.5) is 5.69 Å². The highest BCUT2D eigenvalue weighted by Gasteiger charge is 2.24. The summed E-state index contributed by atoms with van der Waals surface area (Å²) < 4.78 is 26.7. The molecule has 1 fully saturated rings. The van der Waals surface area contributed by atoms with Gasteiger partial charge in [-0.05, 0) is 24.6 Å². The first kappa shape index (κ1) is 15.3. The molecule has 2 rings (SSSR count). The molecule has 1 atom stereocenters.